The van der Waals surface area contributed by atoms with E-state index in [1.165, 1.54) is 31.5 Å². The second-order valence-electron chi connectivity index (χ2n) is 8.38. The topological polar surface area (TPSA) is 58.4 Å². The first-order chi connectivity index (χ1) is 13.0. The van der Waals surface area contributed by atoms with E-state index < -0.39 is 0 Å². The van der Waals surface area contributed by atoms with E-state index in [1.54, 1.807) is 0 Å². The Morgan fingerprint density at radius 3 is 2.44 bits per heavy atom. The molecule has 3 heterocycles. The molecule has 1 aromatic carbocycles. The fraction of sp³-hybridized carbons (Fsp3) is 0.476. The summed E-state index contributed by atoms with van der Waals surface area (Å²) >= 11 is 0. The first kappa shape index (κ1) is 17.9. The number of nitrogens with one attached hydrogen (secondary N) is 1. The number of anilines is 1. The third-order valence-corrected chi connectivity index (χ3v) is 5.10. The van der Waals surface area contributed by atoms with Crippen LogP contribution in [-0.2, 0) is 5.41 Å². The molecule has 0 saturated carbocycles. The molecule has 4 rings (SSSR count). The summed E-state index contributed by atoms with van der Waals surface area (Å²) in [5, 5.41) is 17.1. The van der Waals surface area contributed by atoms with Crippen LogP contribution in [0.2, 0.25) is 0 Å². The molecule has 6 nitrogen and oxygen atoms in total. The van der Waals surface area contributed by atoms with Gasteiger partial charge in [0, 0.05) is 12.0 Å². The molecule has 0 bridgehead atoms. The number of likely N-dealkylation sites (tertiary alicyclic amines) is 1. The van der Waals surface area contributed by atoms with Crippen LogP contribution < -0.4 is 5.32 Å². The normalized spacial score (nSPS) is 16.7. The summed E-state index contributed by atoms with van der Waals surface area (Å²) < 4.78 is 1.86. The van der Waals surface area contributed by atoms with E-state index in [0.717, 1.165) is 23.8 Å². The zero-order valence-corrected chi connectivity index (χ0v) is 16.4. The summed E-state index contributed by atoms with van der Waals surface area (Å²) in [7, 11) is 0. The quantitative estimate of drug-likeness (QED) is 0.748. The van der Waals surface area contributed by atoms with E-state index >= 15 is 0 Å². The van der Waals surface area contributed by atoms with E-state index in [4.69, 9.17) is 5.10 Å². The highest BCUT2D eigenvalue weighted by atomic mass is 15.4. The first-order valence-electron chi connectivity index (χ1n) is 9.77. The molecule has 0 spiro atoms. The lowest BCUT2D eigenvalue weighted by Crippen LogP contribution is -2.30. The van der Waals surface area contributed by atoms with E-state index in [2.05, 4.69) is 71.5 Å². The van der Waals surface area contributed by atoms with Gasteiger partial charge in [0.1, 0.15) is 5.82 Å². The lowest BCUT2D eigenvalue weighted by atomic mass is 9.96. The average Bonchev–Trinajstić information content (AvgIpc) is 3.30. The SMILES string of the molecule is CC(C)(C)c1nnc2ccc(NC(CN3CCCC3)c3ccccc3)nn12. The number of rotatable bonds is 5. The van der Waals surface area contributed by atoms with Crippen LogP contribution in [0.15, 0.2) is 42.5 Å². The molecule has 1 aliphatic heterocycles. The van der Waals surface area contributed by atoms with Gasteiger partial charge in [0.2, 0.25) is 0 Å². The van der Waals surface area contributed by atoms with Crippen molar-refractivity contribution in [1.29, 1.82) is 0 Å². The van der Waals surface area contributed by atoms with E-state index in [0.29, 0.717) is 0 Å². The fourth-order valence-corrected chi connectivity index (χ4v) is 3.66. The molecule has 1 fully saturated rings. The highest BCUT2D eigenvalue weighted by Crippen LogP contribution is 2.24. The van der Waals surface area contributed by atoms with Gasteiger partial charge in [-0.25, -0.2) is 0 Å². The minimum absolute atomic E-state index is 0.112. The summed E-state index contributed by atoms with van der Waals surface area (Å²) in [6.45, 7) is 9.73. The first-order valence-corrected chi connectivity index (χ1v) is 9.77. The molecular weight excluding hydrogens is 336 g/mol. The third kappa shape index (κ3) is 3.95. The van der Waals surface area contributed by atoms with Crippen LogP contribution in [0.4, 0.5) is 5.82 Å². The number of hydrogen-bond acceptors (Lipinski definition) is 5. The fourth-order valence-electron chi connectivity index (χ4n) is 3.66. The summed E-state index contributed by atoms with van der Waals surface area (Å²) in [4.78, 5) is 2.53. The summed E-state index contributed by atoms with van der Waals surface area (Å²) in [6, 6.07) is 14.8. The van der Waals surface area contributed by atoms with Gasteiger partial charge in [-0.2, -0.15) is 4.52 Å². The Bertz CT molecular complexity index is 890. The third-order valence-electron chi connectivity index (χ3n) is 5.10. The molecule has 142 valence electrons. The van der Waals surface area contributed by atoms with Crippen molar-refractivity contribution in [2.45, 2.75) is 45.1 Å². The summed E-state index contributed by atoms with van der Waals surface area (Å²) in [5.74, 6) is 1.72. The standard InChI is InChI=1S/C21H28N6/c1-21(2,3)20-24-23-19-12-11-18(25-27(19)20)22-17(15-26-13-7-8-14-26)16-9-5-4-6-10-16/h4-6,9-12,17H,7-8,13-15H2,1-3H3,(H,22,25). The van der Waals surface area contributed by atoms with Gasteiger partial charge in [-0.1, -0.05) is 51.1 Å². The molecule has 3 aromatic rings. The predicted octanol–water partition coefficient (Wildman–Crippen LogP) is 3.67. The zero-order valence-electron chi connectivity index (χ0n) is 16.4. The molecule has 1 atom stereocenters. The van der Waals surface area contributed by atoms with Crippen LogP contribution in [0.5, 0.6) is 0 Å². The van der Waals surface area contributed by atoms with Crippen LogP contribution in [0.3, 0.4) is 0 Å². The number of aromatic nitrogens is 4. The largest absolute Gasteiger partial charge is 0.361 e. The van der Waals surface area contributed by atoms with Crippen molar-refractivity contribution in [2.24, 2.45) is 0 Å². The highest BCUT2D eigenvalue weighted by Gasteiger charge is 2.23. The van der Waals surface area contributed by atoms with Gasteiger partial charge in [0.05, 0.1) is 6.04 Å². The number of fused-ring (bicyclic) bond motifs is 1. The maximum Gasteiger partial charge on any atom is 0.178 e. The molecule has 1 N–H and O–H groups in total. The monoisotopic (exact) mass is 364 g/mol. The van der Waals surface area contributed by atoms with Gasteiger partial charge >= 0.3 is 0 Å². The van der Waals surface area contributed by atoms with Crippen LogP contribution in [0.25, 0.3) is 5.65 Å². The smallest absolute Gasteiger partial charge is 0.178 e. The van der Waals surface area contributed by atoms with Crippen molar-refractivity contribution in [3.05, 3.63) is 53.9 Å². The van der Waals surface area contributed by atoms with Crippen molar-refractivity contribution >= 4 is 11.5 Å². The number of benzene rings is 1. The van der Waals surface area contributed by atoms with Crippen LogP contribution >= 0.6 is 0 Å². The average molecular weight is 364 g/mol. The molecule has 1 unspecified atom stereocenters. The Morgan fingerprint density at radius 2 is 1.74 bits per heavy atom. The van der Waals surface area contributed by atoms with Gasteiger partial charge in [0.15, 0.2) is 11.5 Å². The minimum atomic E-state index is -0.112. The molecule has 0 aliphatic carbocycles. The Kier molecular flexibility index (Phi) is 4.83. The lowest BCUT2D eigenvalue weighted by molar-refractivity contribution is 0.323. The van der Waals surface area contributed by atoms with Crippen molar-refractivity contribution in [3.8, 4) is 0 Å². The maximum absolute atomic E-state index is 4.80. The Balaban J connectivity index is 1.63. The van der Waals surface area contributed by atoms with Crippen molar-refractivity contribution < 1.29 is 0 Å². The van der Waals surface area contributed by atoms with Gasteiger partial charge in [-0.05, 0) is 43.6 Å². The lowest BCUT2D eigenvalue weighted by Gasteiger charge is -2.25. The predicted molar refractivity (Wildman–Crippen MR) is 108 cm³/mol. The molecule has 0 radical (unpaired) electrons. The van der Waals surface area contributed by atoms with Gasteiger partial charge in [-0.15, -0.1) is 15.3 Å². The highest BCUT2D eigenvalue weighted by molar-refractivity contribution is 5.46. The van der Waals surface area contributed by atoms with Crippen molar-refractivity contribution in [3.63, 3.8) is 0 Å². The molecule has 1 aliphatic rings. The second kappa shape index (κ2) is 7.27. The van der Waals surface area contributed by atoms with Crippen LogP contribution in [0, 0.1) is 0 Å². The van der Waals surface area contributed by atoms with Gasteiger partial charge < -0.3 is 10.2 Å². The number of nitrogens with zero attached hydrogens (tertiary/aromatic N) is 5. The Morgan fingerprint density at radius 1 is 1.00 bits per heavy atom. The molecule has 1 saturated heterocycles. The van der Waals surface area contributed by atoms with Crippen LogP contribution in [0.1, 0.15) is 51.0 Å². The molecule has 2 aromatic heterocycles. The molecule has 0 amide bonds. The van der Waals surface area contributed by atoms with Gasteiger partial charge in [0.25, 0.3) is 0 Å². The van der Waals surface area contributed by atoms with Crippen molar-refractivity contribution in [1.82, 2.24) is 24.7 Å². The minimum Gasteiger partial charge on any atom is -0.361 e. The molecule has 6 heteroatoms. The number of hydrogen-bond donors (Lipinski definition) is 1. The zero-order chi connectivity index (χ0) is 18.9. The Labute approximate surface area is 160 Å². The second-order valence-corrected chi connectivity index (χ2v) is 8.38. The molecular formula is C21H28N6. The summed E-state index contributed by atoms with van der Waals surface area (Å²) in [5.41, 5.74) is 1.95. The maximum atomic E-state index is 4.80. The van der Waals surface area contributed by atoms with E-state index in [9.17, 15) is 0 Å². The molecule has 27 heavy (non-hydrogen) atoms. The van der Waals surface area contributed by atoms with Crippen LogP contribution in [-0.4, -0.2) is 44.3 Å². The van der Waals surface area contributed by atoms with E-state index in [-0.39, 0.29) is 11.5 Å². The van der Waals surface area contributed by atoms with Crippen molar-refractivity contribution in [2.75, 3.05) is 25.0 Å². The van der Waals surface area contributed by atoms with Gasteiger partial charge in [-0.3, -0.25) is 0 Å². The van der Waals surface area contributed by atoms with E-state index in [1.807, 2.05) is 16.6 Å². The Hall–Kier alpha value is -2.47. The summed E-state index contributed by atoms with van der Waals surface area (Å²) in [6.07, 6.45) is 2.59.